The van der Waals surface area contributed by atoms with E-state index in [1.54, 1.807) is 11.0 Å². The Labute approximate surface area is 186 Å². The minimum absolute atomic E-state index is 0.0364. The molecule has 6 nitrogen and oxygen atoms in total. The Balaban J connectivity index is 1.37. The molecular weight excluding hydrogens is 407 g/mol. The summed E-state index contributed by atoms with van der Waals surface area (Å²) < 4.78 is 14.5. The van der Waals surface area contributed by atoms with Gasteiger partial charge in [-0.2, -0.15) is 0 Å². The Hall–Kier alpha value is -3.22. The molecule has 32 heavy (non-hydrogen) atoms. The van der Waals surface area contributed by atoms with E-state index in [4.69, 9.17) is 5.73 Å². The molecule has 2 aromatic carbocycles. The van der Waals surface area contributed by atoms with E-state index in [9.17, 15) is 14.0 Å². The summed E-state index contributed by atoms with van der Waals surface area (Å²) in [6.45, 7) is 2.61. The molecule has 0 aromatic heterocycles. The zero-order chi connectivity index (χ0) is 22.5. The summed E-state index contributed by atoms with van der Waals surface area (Å²) >= 11 is 0. The highest BCUT2D eigenvalue weighted by molar-refractivity contribution is 5.99. The Bertz CT molecular complexity index is 1100. The molecule has 2 aromatic rings. The first-order chi connectivity index (χ1) is 15.3. The van der Waals surface area contributed by atoms with Crippen molar-refractivity contribution >= 4 is 23.5 Å². The molecule has 2 heterocycles. The number of hydrogen-bond acceptors (Lipinski definition) is 4. The van der Waals surface area contributed by atoms with E-state index in [0.717, 1.165) is 18.4 Å². The Kier molecular flexibility index (Phi) is 4.99. The van der Waals surface area contributed by atoms with Crippen LogP contribution in [0.4, 0.5) is 10.1 Å². The van der Waals surface area contributed by atoms with Crippen molar-refractivity contribution in [1.29, 1.82) is 0 Å². The van der Waals surface area contributed by atoms with E-state index >= 15 is 0 Å². The normalized spacial score (nSPS) is 25.9. The van der Waals surface area contributed by atoms with Crippen LogP contribution in [0, 0.1) is 11.7 Å². The van der Waals surface area contributed by atoms with Gasteiger partial charge < -0.3 is 10.6 Å². The lowest BCUT2D eigenvalue weighted by molar-refractivity contribution is -0.130. The van der Waals surface area contributed by atoms with Crippen molar-refractivity contribution in [3.05, 3.63) is 65.5 Å². The van der Waals surface area contributed by atoms with Crippen LogP contribution in [0.3, 0.4) is 0 Å². The maximum atomic E-state index is 14.5. The number of anilines is 1. The molecule has 2 unspecified atom stereocenters. The van der Waals surface area contributed by atoms with Crippen molar-refractivity contribution in [3.63, 3.8) is 0 Å². The van der Waals surface area contributed by atoms with E-state index in [2.05, 4.69) is 4.99 Å². The zero-order valence-electron chi connectivity index (χ0n) is 18.1. The molecule has 0 radical (unpaired) electrons. The summed E-state index contributed by atoms with van der Waals surface area (Å²) in [6, 6.07) is 14.4. The van der Waals surface area contributed by atoms with Crippen molar-refractivity contribution in [1.82, 2.24) is 4.90 Å². The maximum Gasteiger partial charge on any atom is 0.232 e. The molecule has 3 aliphatic rings. The van der Waals surface area contributed by atoms with Gasteiger partial charge in [0.15, 0.2) is 5.96 Å². The molecule has 0 bridgehead atoms. The number of carbonyl (C=O) groups excluding carboxylic acids is 2. The van der Waals surface area contributed by atoms with Crippen LogP contribution in [0.2, 0.25) is 0 Å². The largest absolute Gasteiger partial charge is 0.369 e. The van der Waals surface area contributed by atoms with Crippen molar-refractivity contribution in [2.45, 2.75) is 50.6 Å². The molecule has 166 valence electrons. The second kappa shape index (κ2) is 7.73. The minimum atomic E-state index is -0.448. The quantitative estimate of drug-likeness (QED) is 0.782. The third-order valence-corrected chi connectivity index (χ3v) is 6.90. The molecule has 1 saturated heterocycles. The lowest BCUT2D eigenvalue weighted by Gasteiger charge is -2.35. The number of guanidine groups is 1. The Morgan fingerprint density at radius 3 is 2.56 bits per heavy atom. The molecular formula is C25H27FN4O2. The SMILES string of the molecule is CC1(C2CC2)CC(=O)N(Cc2cc(F)cc(N3CC(c4ccccc4)CC3=O)c2)C(N)=N1. The van der Waals surface area contributed by atoms with Crippen molar-refractivity contribution < 1.29 is 14.0 Å². The second-order valence-corrected chi connectivity index (χ2v) is 9.39. The van der Waals surface area contributed by atoms with Gasteiger partial charge in [-0.15, -0.1) is 0 Å². The van der Waals surface area contributed by atoms with Gasteiger partial charge in [-0.1, -0.05) is 30.3 Å². The summed E-state index contributed by atoms with van der Waals surface area (Å²) in [5.74, 6) is 0.0811. The average Bonchev–Trinajstić information content (AvgIpc) is 3.54. The summed E-state index contributed by atoms with van der Waals surface area (Å²) in [5, 5.41) is 0. The smallest absolute Gasteiger partial charge is 0.232 e. The number of nitrogens with zero attached hydrogens (tertiary/aromatic N) is 3. The predicted octanol–water partition coefficient (Wildman–Crippen LogP) is 3.56. The third-order valence-electron chi connectivity index (χ3n) is 6.90. The lowest BCUT2D eigenvalue weighted by Crippen LogP contribution is -2.50. The monoisotopic (exact) mass is 434 g/mol. The summed E-state index contributed by atoms with van der Waals surface area (Å²) in [5.41, 5.74) is 7.91. The number of benzene rings is 2. The fourth-order valence-electron chi connectivity index (χ4n) is 4.97. The van der Waals surface area contributed by atoms with Crippen LogP contribution >= 0.6 is 0 Å². The first-order valence-electron chi connectivity index (χ1n) is 11.1. The van der Waals surface area contributed by atoms with Crippen LogP contribution in [0.1, 0.15) is 49.7 Å². The van der Waals surface area contributed by atoms with Gasteiger partial charge in [-0.25, -0.2) is 9.38 Å². The van der Waals surface area contributed by atoms with Gasteiger partial charge in [0.2, 0.25) is 11.8 Å². The topological polar surface area (TPSA) is 79.0 Å². The highest BCUT2D eigenvalue weighted by Crippen LogP contribution is 2.45. The first-order valence-corrected chi connectivity index (χ1v) is 11.1. The van der Waals surface area contributed by atoms with Gasteiger partial charge in [0, 0.05) is 24.6 Å². The number of amides is 2. The predicted molar refractivity (Wildman–Crippen MR) is 120 cm³/mol. The van der Waals surface area contributed by atoms with Gasteiger partial charge in [0.1, 0.15) is 5.82 Å². The average molecular weight is 435 g/mol. The second-order valence-electron chi connectivity index (χ2n) is 9.39. The highest BCUT2D eigenvalue weighted by Gasteiger charge is 2.46. The summed E-state index contributed by atoms with van der Waals surface area (Å²) in [4.78, 5) is 33.2. The molecule has 1 saturated carbocycles. The molecule has 7 heteroatoms. The standard InChI is InChI=1S/C25H27FN4O2/c1-25(19-7-8-19)13-23(32)30(24(27)28-25)14-16-9-20(26)12-21(10-16)29-15-18(11-22(29)31)17-5-3-2-4-6-17/h2-6,9-10,12,18-19H,7-8,11,13-15H2,1H3,(H2,27,28). The summed E-state index contributed by atoms with van der Waals surface area (Å²) in [6.07, 6.45) is 2.84. The van der Waals surface area contributed by atoms with Crippen LogP contribution in [0.5, 0.6) is 0 Å². The lowest BCUT2D eigenvalue weighted by atomic mass is 9.90. The fourth-order valence-corrected chi connectivity index (χ4v) is 4.97. The fraction of sp³-hybridized carbons (Fsp3) is 0.400. The van der Waals surface area contributed by atoms with Gasteiger partial charge in [-0.05, 0) is 55.0 Å². The molecule has 5 rings (SSSR count). The van der Waals surface area contributed by atoms with Crippen molar-refractivity contribution in [2.75, 3.05) is 11.4 Å². The molecule has 1 aliphatic carbocycles. The van der Waals surface area contributed by atoms with Gasteiger partial charge in [0.05, 0.1) is 18.5 Å². The van der Waals surface area contributed by atoms with E-state index in [1.165, 1.54) is 17.0 Å². The van der Waals surface area contributed by atoms with Crippen molar-refractivity contribution in [2.24, 2.45) is 16.6 Å². The first kappa shape index (κ1) is 20.7. The minimum Gasteiger partial charge on any atom is -0.369 e. The van der Waals surface area contributed by atoms with Crippen molar-refractivity contribution in [3.8, 4) is 0 Å². The molecule has 2 atom stereocenters. The van der Waals surface area contributed by atoms with E-state index < -0.39 is 11.4 Å². The van der Waals surface area contributed by atoms with Crippen LogP contribution in [-0.4, -0.2) is 34.8 Å². The number of carbonyl (C=O) groups is 2. The zero-order valence-corrected chi connectivity index (χ0v) is 18.1. The number of rotatable bonds is 5. The van der Waals surface area contributed by atoms with E-state index in [-0.39, 0.29) is 30.2 Å². The van der Waals surface area contributed by atoms with Gasteiger partial charge in [0.25, 0.3) is 0 Å². The van der Waals surface area contributed by atoms with Crippen LogP contribution < -0.4 is 10.6 Å². The molecule has 2 aliphatic heterocycles. The number of nitrogens with two attached hydrogens (primary N) is 1. The molecule has 0 spiro atoms. The molecule has 2 N–H and O–H groups in total. The summed E-state index contributed by atoms with van der Waals surface area (Å²) in [7, 11) is 0. The third kappa shape index (κ3) is 3.87. The number of halogens is 1. The Morgan fingerprint density at radius 1 is 1.12 bits per heavy atom. The van der Waals surface area contributed by atoms with Crippen LogP contribution in [-0.2, 0) is 16.1 Å². The van der Waals surface area contributed by atoms with Gasteiger partial charge >= 0.3 is 0 Å². The van der Waals surface area contributed by atoms with E-state index in [1.807, 2.05) is 37.3 Å². The van der Waals surface area contributed by atoms with Crippen LogP contribution in [0.25, 0.3) is 0 Å². The highest BCUT2D eigenvalue weighted by atomic mass is 19.1. The molecule has 2 amide bonds. The maximum absolute atomic E-state index is 14.5. The van der Waals surface area contributed by atoms with Gasteiger partial charge in [-0.3, -0.25) is 14.5 Å². The number of hydrogen-bond donors (Lipinski definition) is 1. The molecule has 2 fully saturated rings. The van der Waals surface area contributed by atoms with Crippen LogP contribution in [0.15, 0.2) is 53.5 Å². The Morgan fingerprint density at radius 2 is 1.88 bits per heavy atom. The van der Waals surface area contributed by atoms with E-state index in [0.29, 0.717) is 36.6 Å². The number of aliphatic imine (C=N–C) groups is 1.